The summed E-state index contributed by atoms with van der Waals surface area (Å²) < 4.78 is 63.9. The third kappa shape index (κ3) is 3.41. The van der Waals surface area contributed by atoms with E-state index in [4.69, 9.17) is 5.14 Å². The van der Waals surface area contributed by atoms with Crippen LogP contribution in [0, 0.1) is 0 Å². The number of alkyl halides is 3. The Balaban J connectivity index is 2.31. The van der Waals surface area contributed by atoms with Crippen LogP contribution in [-0.4, -0.2) is 23.3 Å². The van der Waals surface area contributed by atoms with Gasteiger partial charge in [0.25, 0.3) is 0 Å². The molecule has 0 saturated carbocycles. The molecular weight excluding hydrogens is 371 g/mol. The highest BCUT2D eigenvalue weighted by molar-refractivity contribution is 7.89. The maximum absolute atomic E-state index is 13.2. The lowest BCUT2D eigenvalue weighted by Crippen LogP contribution is -2.16. The molecule has 0 fully saturated rings. The van der Waals surface area contributed by atoms with E-state index < -0.39 is 21.9 Å². The highest BCUT2D eigenvalue weighted by atomic mass is 32.2. The van der Waals surface area contributed by atoms with Gasteiger partial charge in [-0.25, -0.2) is 18.2 Å². The Kier molecular flexibility index (Phi) is 4.24. The summed E-state index contributed by atoms with van der Waals surface area (Å²) in [6.07, 6.45) is -4.73. The van der Waals surface area contributed by atoms with Crippen LogP contribution in [0.3, 0.4) is 0 Å². The average Bonchev–Trinajstić information content (AvgIpc) is 3.00. The number of hydrogen-bond acceptors (Lipinski definition) is 4. The summed E-state index contributed by atoms with van der Waals surface area (Å²) in [5.74, 6) is -0.0687. The van der Waals surface area contributed by atoms with Crippen LogP contribution in [0.25, 0.3) is 16.9 Å². The zero-order valence-corrected chi connectivity index (χ0v) is 13.8. The molecule has 0 spiro atoms. The van der Waals surface area contributed by atoms with Crippen molar-refractivity contribution < 1.29 is 26.7 Å². The van der Waals surface area contributed by atoms with E-state index in [1.165, 1.54) is 48.5 Å². The van der Waals surface area contributed by atoms with Gasteiger partial charge in [-0.3, -0.25) is 0 Å². The Labute approximate surface area is 146 Å². The molecule has 0 amide bonds. The molecule has 0 atom stereocenters. The number of para-hydroxylation sites is 1. The van der Waals surface area contributed by atoms with Crippen molar-refractivity contribution in [2.75, 3.05) is 0 Å². The van der Waals surface area contributed by atoms with Crippen LogP contribution in [0.4, 0.5) is 13.2 Å². The summed E-state index contributed by atoms with van der Waals surface area (Å²) >= 11 is 0. The van der Waals surface area contributed by atoms with Gasteiger partial charge in [-0.1, -0.05) is 12.1 Å². The molecule has 136 valence electrons. The second kappa shape index (κ2) is 6.15. The Hall–Kier alpha value is -2.85. The monoisotopic (exact) mass is 383 g/mol. The highest BCUT2D eigenvalue weighted by Crippen LogP contribution is 2.34. The number of primary sulfonamides is 1. The highest BCUT2D eigenvalue weighted by Gasteiger charge is 2.35. The quantitative estimate of drug-likeness (QED) is 0.727. The third-order valence-electron chi connectivity index (χ3n) is 3.56. The number of hydrogen-bond donors (Lipinski definition) is 2. The first-order valence-corrected chi connectivity index (χ1v) is 8.71. The second-order valence-electron chi connectivity index (χ2n) is 5.38. The van der Waals surface area contributed by atoms with Gasteiger partial charge in [-0.2, -0.15) is 18.3 Å². The van der Waals surface area contributed by atoms with Crippen molar-refractivity contribution in [1.82, 2.24) is 9.78 Å². The van der Waals surface area contributed by atoms with Crippen LogP contribution in [0.1, 0.15) is 5.69 Å². The third-order valence-corrected chi connectivity index (χ3v) is 4.52. The van der Waals surface area contributed by atoms with Crippen molar-refractivity contribution in [3.8, 4) is 22.7 Å². The van der Waals surface area contributed by atoms with Crippen LogP contribution in [0.5, 0.6) is 5.75 Å². The summed E-state index contributed by atoms with van der Waals surface area (Å²) in [5, 5.41) is 18.1. The van der Waals surface area contributed by atoms with E-state index in [0.717, 1.165) is 10.7 Å². The van der Waals surface area contributed by atoms with Gasteiger partial charge in [0.1, 0.15) is 10.6 Å². The average molecular weight is 383 g/mol. The molecule has 2 aromatic carbocycles. The number of sulfonamides is 1. The van der Waals surface area contributed by atoms with Gasteiger partial charge in [-0.05, 0) is 42.5 Å². The fourth-order valence-corrected chi connectivity index (χ4v) is 3.13. The topological polar surface area (TPSA) is 98.2 Å². The molecule has 0 aliphatic heterocycles. The molecule has 10 heteroatoms. The van der Waals surface area contributed by atoms with Crippen molar-refractivity contribution >= 4 is 10.0 Å². The van der Waals surface area contributed by atoms with Crippen molar-refractivity contribution in [3.05, 3.63) is 60.3 Å². The Morgan fingerprint density at radius 3 is 2.23 bits per heavy atom. The molecule has 6 nitrogen and oxygen atoms in total. The molecule has 3 aromatic rings. The van der Waals surface area contributed by atoms with E-state index in [0.29, 0.717) is 5.56 Å². The van der Waals surface area contributed by atoms with Crippen molar-refractivity contribution in [1.29, 1.82) is 0 Å². The van der Waals surface area contributed by atoms with E-state index in [1.54, 1.807) is 0 Å². The lowest BCUT2D eigenvalue weighted by molar-refractivity contribution is -0.141. The van der Waals surface area contributed by atoms with Crippen LogP contribution in [0.15, 0.2) is 59.5 Å². The number of phenolic OH excluding ortho intramolecular Hbond substituents is 1. The molecule has 1 aromatic heterocycles. The number of rotatable bonds is 3. The fraction of sp³-hybridized carbons (Fsp3) is 0.0625. The number of halogens is 3. The number of nitrogens with zero attached hydrogens (tertiary/aromatic N) is 2. The van der Waals surface area contributed by atoms with E-state index in [-0.39, 0.29) is 22.0 Å². The standard InChI is InChI=1S/C16H12F3N3O3S/c17-16(18,19)15-9-13(10-5-7-11(23)8-6-10)22(21-15)12-3-1-2-4-14(12)26(20,24)25/h1-9,23H,(H2,20,24,25). The number of aromatic nitrogens is 2. The molecule has 0 aliphatic rings. The first kappa shape index (κ1) is 18.0. The Bertz CT molecular complexity index is 1060. The molecule has 0 radical (unpaired) electrons. The van der Waals surface area contributed by atoms with Crippen LogP contribution < -0.4 is 5.14 Å². The van der Waals surface area contributed by atoms with Crippen molar-refractivity contribution in [2.45, 2.75) is 11.1 Å². The predicted octanol–water partition coefficient (Wildman–Crippen LogP) is 2.91. The van der Waals surface area contributed by atoms with Crippen LogP contribution >= 0.6 is 0 Å². The minimum atomic E-state index is -4.73. The van der Waals surface area contributed by atoms with Gasteiger partial charge in [0.2, 0.25) is 10.0 Å². The zero-order chi connectivity index (χ0) is 19.1. The lowest BCUT2D eigenvalue weighted by Gasteiger charge is -2.11. The van der Waals surface area contributed by atoms with Crippen molar-refractivity contribution in [2.24, 2.45) is 5.14 Å². The minimum absolute atomic E-state index is 0.00609. The molecule has 0 bridgehead atoms. The second-order valence-corrected chi connectivity index (χ2v) is 6.91. The van der Waals surface area contributed by atoms with Gasteiger partial charge < -0.3 is 5.11 Å². The largest absolute Gasteiger partial charge is 0.508 e. The molecular formula is C16H12F3N3O3S. The van der Waals surface area contributed by atoms with E-state index in [1.807, 2.05) is 0 Å². The van der Waals surface area contributed by atoms with Gasteiger partial charge in [0, 0.05) is 5.56 Å². The zero-order valence-electron chi connectivity index (χ0n) is 13.0. The summed E-state index contributed by atoms with van der Waals surface area (Å²) in [5.41, 5.74) is -1.01. The predicted molar refractivity (Wildman–Crippen MR) is 87.0 cm³/mol. The number of benzene rings is 2. The van der Waals surface area contributed by atoms with Gasteiger partial charge in [0.05, 0.1) is 11.4 Å². The normalized spacial score (nSPS) is 12.3. The Morgan fingerprint density at radius 2 is 1.65 bits per heavy atom. The maximum Gasteiger partial charge on any atom is 0.435 e. The molecule has 3 rings (SSSR count). The van der Waals surface area contributed by atoms with Gasteiger partial charge >= 0.3 is 6.18 Å². The summed E-state index contributed by atoms with van der Waals surface area (Å²) in [4.78, 5) is -0.364. The van der Waals surface area contributed by atoms with E-state index in [9.17, 15) is 26.7 Å². The first-order valence-electron chi connectivity index (χ1n) is 7.16. The molecule has 26 heavy (non-hydrogen) atoms. The summed E-state index contributed by atoms with van der Waals surface area (Å²) in [6, 6.07) is 11.5. The number of nitrogens with two attached hydrogens (primary N) is 1. The van der Waals surface area contributed by atoms with E-state index in [2.05, 4.69) is 5.10 Å². The van der Waals surface area contributed by atoms with Crippen molar-refractivity contribution in [3.63, 3.8) is 0 Å². The number of phenols is 1. The van der Waals surface area contributed by atoms with Gasteiger partial charge in [-0.15, -0.1) is 0 Å². The SMILES string of the molecule is NS(=O)(=O)c1ccccc1-n1nc(C(F)(F)F)cc1-c1ccc(O)cc1. The van der Waals surface area contributed by atoms with Gasteiger partial charge in [0.15, 0.2) is 5.69 Å². The maximum atomic E-state index is 13.2. The van der Waals surface area contributed by atoms with Crippen LogP contribution in [0.2, 0.25) is 0 Å². The Morgan fingerprint density at radius 1 is 1.04 bits per heavy atom. The summed E-state index contributed by atoms with van der Waals surface area (Å²) in [6.45, 7) is 0. The molecule has 1 heterocycles. The van der Waals surface area contributed by atoms with Crippen LogP contribution in [-0.2, 0) is 16.2 Å². The summed E-state index contributed by atoms with van der Waals surface area (Å²) in [7, 11) is -4.20. The minimum Gasteiger partial charge on any atom is -0.508 e. The number of aromatic hydroxyl groups is 1. The first-order chi connectivity index (χ1) is 12.1. The lowest BCUT2D eigenvalue weighted by atomic mass is 10.1. The van der Waals surface area contributed by atoms with E-state index >= 15 is 0 Å². The smallest absolute Gasteiger partial charge is 0.435 e. The molecule has 0 aliphatic carbocycles. The fourth-order valence-electron chi connectivity index (χ4n) is 2.41. The molecule has 3 N–H and O–H groups in total. The molecule has 0 unspecified atom stereocenters. The molecule has 0 saturated heterocycles.